The maximum absolute atomic E-state index is 6.07. The van der Waals surface area contributed by atoms with Crippen LogP contribution in [0, 0.1) is 0 Å². The highest BCUT2D eigenvalue weighted by Crippen LogP contribution is 2.51. The third-order valence-corrected chi connectivity index (χ3v) is 10.3. The number of hydrogen-bond donors (Lipinski definition) is 0. The summed E-state index contributed by atoms with van der Waals surface area (Å²) in [5, 5.41) is 4.97. The predicted octanol–water partition coefficient (Wildman–Crippen LogP) is 12.1. The van der Waals surface area contributed by atoms with Gasteiger partial charge in [0.1, 0.15) is 11.2 Å². The highest BCUT2D eigenvalue weighted by molar-refractivity contribution is 6.13. The largest absolute Gasteiger partial charge is 0.456 e. The van der Waals surface area contributed by atoms with Gasteiger partial charge in [0.15, 0.2) is 0 Å². The highest BCUT2D eigenvalue weighted by atomic mass is 16.3. The highest BCUT2D eigenvalue weighted by Gasteiger charge is 2.32. The Morgan fingerprint density at radius 1 is 0.511 bits per heavy atom. The quantitative estimate of drug-likeness (QED) is 0.192. The number of fused-ring (bicyclic) bond motifs is 10. The average Bonchev–Trinajstić information content (AvgIpc) is 3.79. The van der Waals surface area contributed by atoms with Gasteiger partial charge in [0, 0.05) is 33.2 Å². The third-order valence-electron chi connectivity index (χ3n) is 10.3. The van der Waals surface area contributed by atoms with Gasteiger partial charge in [-0.15, -0.1) is 0 Å². The van der Waals surface area contributed by atoms with Crippen molar-refractivity contribution in [3.05, 3.63) is 174 Å². The first-order chi connectivity index (χ1) is 23.3. The summed E-state index contributed by atoms with van der Waals surface area (Å²) in [7, 11) is 0. The van der Waals surface area contributed by atoms with E-state index < -0.39 is 0 Å². The zero-order valence-electron chi connectivity index (χ0n) is 25.9. The molecular formula is C45H31NO. The van der Waals surface area contributed by atoms with E-state index in [1.54, 1.807) is 0 Å². The van der Waals surface area contributed by atoms with Gasteiger partial charge >= 0.3 is 0 Å². The van der Waals surface area contributed by atoms with Gasteiger partial charge in [-0.2, -0.15) is 0 Å². The lowest BCUT2D eigenvalue weighted by atomic mass is 9.89. The van der Waals surface area contributed by atoms with Crippen LogP contribution in [0.2, 0.25) is 0 Å². The summed E-state index contributed by atoms with van der Waals surface area (Å²) in [6, 6.07) is 57.5. The Hall–Kier alpha value is -5.86. The first-order valence-corrected chi connectivity index (χ1v) is 16.5. The Bertz CT molecular complexity index is 2620. The molecule has 222 valence electrons. The summed E-state index contributed by atoms with van der Waals surface area (Å²) in [6.07, 6.45) is 2.05. The molecule has 0 saturated carbocycles. The van der Waals surface area contributed by atoms with Gasteiger partial charge in [0.25, 0.3) is 0 Å². The van der Waals surface area contributed by atoms with E-state index in [-0.39, 0.29) is 0 Å². The van der Waals surface area contributed by atoms with Crippen LogP contribution in [0.25, 0.3) is 71.7 Å². The molecule has 7 aromatic carbocycles. The van der Waals surface area contributed by atoms with Gasteiger partial charge in [0.05, 0.1) is 11.0 Å². The summed E-state index contributed by atoms with van der Waals surface area (Å²) >= 11 is 0. The lowest BCUT2D eigenvalue weighted by Crippen LogP contribution is -2.03. The average molecular weight is 602 g/mol. The standard InChI is InChI=1S/C45H31NO/c1-2-10-32(11-3-1)46-41-16-8-6-14-35(41)39-26-25-38-34-13-5-4-12-33(34)37(44(38)45(39)46)24-20-29-18-21-30(22-19-29)31-23-27-43-40(28-31)36-15-7-9-17-42(36)47-43/h1-19,21-23,25-28,37H,20,24H2. The van der Waals surface area contributed by atoms with Crippen LogP contribution in [0.4, 0.5) is 0 Å². The Balaban J connectivity index is 1.04. The molecule has 47 heavy (non-hydrogen) atoms. The molecule has 2 heteroatoms. The Kier molecular flexibility index (Phi) is 5.80. The summed E-state index contributed by atoms with van der Waals surface area (Å²) in [5.74, 6) is 0.313. The third kappa shape index (κ3) is 4.05. The molecule has 1 aliphatic rings. The molecule has 0 radical (unpaired) electrons. The molecule has 0 N–H and O–H groups in total. The Labute approximate surface area is 273 Å². The van der Waals surface area contributed by atoms with Crippen LogP contribution in [-0.2, 0) is 6.42 Å². The molecule has 2 aromatic heterocycles. The van der Waals surface area contributed by atoms with E-state index in [2.05, 4.69) is 150 Å². The van der Waals surface area contributed by atoms with E-state index in [1.165, 1.54) is 77.2 Å². The summed E-state index contributed by atoms with van der Waals surface area (Å²) in [6.45, 7) is 0. The fourth-order valence-corrected chi connectivity index (χ4v) is 8.10. The van der Waals surface area contributed by atoms with Crippen LogP contribution in [0.1, 0.15) is 29.0 Å². The SMILES string of the molecule is c1ccc(-n2c3ccccc3c3ccc4c(c32)C(CCc2ccc(-c3ccc5oc6ccccc6c5c3)cc2)c2ccccc2-4)cc1. The second kappa shape index (κ2) is 10.3. The lowest BCUT2D eigenvalue weighted by molar-refractivity contribution is 0.669. The van der Waals surface area contributed by atoms with Crippen LogP contribution in [0.3, 0.4) is 0 Å². The normalized spacial score (nSPS) is 13.9. The van der Waals surface area contributed by atoms with Gasteiger partial charge in [0.2, 0.25) is 0 Å². The molecule has 1 aliphatic carbocycles. The maximum Gasteiger partial charge on any atom is 0.135 e. The van der Waals surface area contributed by atoms with Crippen LogP contribution in [0.15, 0.2) is 162 Å². The maximum atomic E-state index is 6.07. The fourth-order valence-electron chi connectivity index (χ4n) is 8.10. The van der Waals surface area contributed by atoms with Crippen molar-refractivity contribution in [3.63, 3.8) is 0 Å². The van der Waals surface area contributed by atoms with Crippen LogP contribution < -0.4 is 0 Å². The van der Waals surface area contributed by atoms with E-state index >= 15 is 0 Å². The van der Waals surface area contributed by atoms with Gasteiger partial charge in [-0.05, 0) is 88.2 Å². The molecule has 1 unspecified atom stereocenters. The molecule has 1 atom stereocenters. The minimum absolute atomic E-state index is 0.313. The van der Waals surface area contributed by atoms with Crippen molar-refractivity contribution < 1.29 is 4.42 Å². The fraction of sp³-hybridized carbons (Fsp3) is 0.0667. The Morgan fingerprint density at radius 3 is 2.13 bits per heavy atom. The molecule has 9 aromatic rings. The number of furan rings is 1. The van der Waals surface area contributed by atoms with Gasteiger partial charge in [-0.1, -0.05) is 121 Å². The number of aryl methyl sites for hydroxylation is 1. The van der Waals surface area contributed by atoms with Crippen LogP contribution in [-0.4, -0.2) is 4.57 Å². The second-order valence-corrected chi connectivity index (χ2v) is 12.8. The zero-order valence-corrected chi connectivity index (χ0v) is 25.9. The number of aromatic nitrogens is 1. The summed E-state index contributed by atoms with van der Waals surface area (Å²) < 4.78 is 8.57. The molecular weight excluding hydrogens is 571 g/mol. The van der Waals surface area contributed by atoms with Crippen molar-refractivity contribution in [1.82, 2.24) is 4.57 Å². The predicted molar refractivity (Wildman–Crippen MR) is 196 cm³/mol. The van der Waals surface area contributed by atoms with E-state index in [1.807, 2.05) is 12.1 Å². The van der Waals surface area contributed by atoms with Crippen molar-refractivity contribution in [2.75, 3.05) is 0 Å². The molecule has 0 bridgehead atoms. The van der Waals surface area contributed by atoms with Crippen molar-refractivity contribution in [2.24, 2.45) is 0 Å². The van der Waals surface area contributed by atoms with Crippen molar-refractivity contribution in [3.8, 4) is 27.9 Å². The first-order valence-electron chi connectivity index (χ1n) is 16.5. The van der Waals surface area contributed by atoms with Crippen molar-refractivity contribution in [1.29, 1.82) is 0 Å². The zero-order chi connectivity index (χ0) is 30.9. The van der Waals surface area contributed by atoms with Gasteiger partial charge < -0.3 is 8.98 Å². The summed E-state index contributed by atoms with van der Waals surface area (Å²) in [4.78, 5) is 0. The number of para-hydroxylation sites is 3. The van der Waals surface area contributed by atoms with Gasteiger partial charge in [-0.25, -0.2) is 0 Å². The molecule has 0 saturated heterocycles. The molecule has 0 amide bonds. The number of benzene rings is 7. The van der Waals surface area contributed by atoms with Gasteiger partial charge in [-0.3, -0.25) is 0 Å². The van der Waals surface area contributed by atoms with Crippen molar-refractivity contribution in [2.45, 2.75) is 18.8 Å². The monoisotopic (exact) mass is 601 g/mol. The van der Waals surface area contributed by atoms with E-state index in [0.29, 0.717) is 5.92 Å². The topological polar surface area (TPSA) is 18.1 Å². The molecule has 0 fully saturated rings. The minimum atomic E-state index is 0.313. The minimum Gasteiger partial charge on any atom is -0.456 e. The van der Waals surface area contributed by atoms with Crippen molar-refractivity contribution >= 4 is 43.7 Å². The second-order valence-electron chi connectivity index (χ2n) is 12.8. The summed E-state index contributed by atoms with van der Waals surface area (Å²) in [5.41, 5.74) is 15.1. The lowest BCUT2D eigenvalue weighted by Gasteiger charge is -2.17. The van der Waals surface area contributed by atoms with E-state index in [9.17, 15) is 0 Å². The molecule has 0 spiro atoms. The number of nitrogens with zero attached hydrogens (tertiary/aromatic N) is 1. The number of hydrogen-bond acceptors (Lipinski definition) is 1. The first kappa shape index (κ1) is 26.4. The van der Waals surface area contributed by atoms with E-state index in [4.69, 9.17) is 4.42 Å². The molecule has 2 heterocycles. The number of rotatable bonds is 5. The van der Waals surface area contributed by atoms with Crippen LogP contribution in [0.5, 0.6) is 0 Å². The molecule has 2 nitrogen and oxygen atoms in total. The molecule has 10 rings (SSSR count). The Morgan fingerprint density at radius 2 is 1.23 bits per heavy atom. The van der Waals surface area contributed by atoms with E-state index in [0.717, 1.165) is 24.0 Å². The smallest absolute Gasteiger partial charge is 0.135 e. The molecule has 0 aliphatic heterocycles. The van der Waals surface area contributed by atoms with Crippen LogP contribution >= 0.6 is 0 Å².